The van der Waals surface area contributed by atoms with E-state index < -0.39 is 0 Å². The number of anilines is 1. The highest BCUT2D eigenvalue weighted by Gasteiger charge is 2.20. The van der Waals surface area contributed by atoms with Crippen molar-refractivity contribution in [2.45, 2.75) is 19.9 Å². The van der Waals surface area contributed by atoms with Gasteiger partial charge < -0.3 is 15.0 Å². The Balaban J connectivity index is 1.77. The van der Waals surface area contributed by atoms with Gasteiger partial charge in [0, 0.05) is 31.4 Å². The van der Waals surface area contributed by atoms with Crippen LogP contribution in [-0.4, -0.2) is 31.1 Å². The van der Waals surface area contributed by atoms with E-state index in [2.05, 4.69) is 21.3 Å². The molecule has 0 bridgehead atoms. The minimum atomic E-state index is -0.0831. The first kappa shape index (κ1) is 15.3. The van der Waals surface area contributed by atoms with E-state index in [4.69, 9.17) is 4.74 Å². The number of hydrogen-bond acceptors (Lipinski definition) is 4. The van der Waals surface area contributed by atoms with Gasteiger partial charge >= 0.3 is 0 Å². The predicted molar refractivity (Wildman–Crippen MR) is 90.0 cm³/mol. The monoisotopic (exact) mass is 311 g/mol. The summed E-state index contributed by atoms with van der Waals surface area (Å²) in [6, 6.07) is 9.90. The molecule has 1 amide bonds. The lowest BCUT2D eigenvalue weighted by Crippen LogP contribution is -2.31. The third kappa shape index (κ3) is 3.13. The predicted octanol–water partition coefficient (Wildman–Crippen LogP) is 2.40. The van der Waals surface area contributed by atoms with E-state index in [1.165, 1.54) is 11.1 Å². The Morgan fingerprint density at radius 3 is 2.91 bits per heavy atom. The van der Waals surface area contributed by atoms with Crippen LogP contribution in [0, 0.1) is 0 Å². The molecule has 5 heteroatoms. The number of hydrogen-bond donors (Lipinski definition) is 1. The number of nitrogens with one attached hydrogen (secondary N) is 1. The van der Waals surface area contributed by atoms with Gasteiger partial charge in [0.2, 0.25) is 0 Å². The first-order chi connectivity index (χ1) is 11.2. The van der Waals surface area contributed by atoms with Crippen molar-refractivity contribution in [1.29, 1.82) is 0 Å². The average Bonchev–Trinajstić information content (AvgIpc) is 2.61. The topological polar surface area (TPSA) is 54.5 Å². The van der Waals surface area contributed by atoms with E-state index in [9.17, 15) is 4.79 Å². The summed E-state index contributed by atoms with van der Waals surface area (Å²) in [7, 11) is 1.71. The van der Waals surface area contributed by atoms with Gasteiger partial charge in [0.15, 0.2) is 0 Å². The van der Waals surface area contributed by atoms with Crippen LogP contribution in [-0.2, 0) is 13.0 Å². The summed E-state index contributed by atoms with van der Waals surface area (Å²) in [5, 5.41) is 2.78. The van der Waals surface area contributed by atoms with E-state index in [1.807, 2.05) is 31.2 Å². The summed E-state index contributed by atoms with van der Waals surface area (Å²) in [6.45, 7) is 4.21. The number of nitrogens with zero attached hydrogens (tertiary/aromatic N) is 2. The van der Waals surface area contributed by atoms with E-state index in [0.29, 0.717) is 12.1 Å². The van der Waals surface area contributed by atoms with Crippen LogP contribution in [0.15, 0.2) is 36.5 Å². The molecule has 1 aromatic carbocycles. The summed E-state index contributed by atoms with van der Waals surface area (Å²) in [5.41, 5.74) is 3.14. The third-order valence-corrected chi connectivity index (χ3v) is 4.11. The largest absolute Gasteiger partial charge is 0.496 e. The van der Waals surface area contributed by atoms with Gasteiger partial charge in [-0.2, -0.15) is 0 Å². The molecule has 1 N–H and O–H groups in total. The van der Waals surface area contributed by atoms with Crippen molar-refractivity contribution in [3.05, 3.63) is 53.2 Å². The molecule has 0 unspecified atom stereocenters. The molecule has 0 atom stereocenters. The lowest BCUT2D eigenvalue weighted by Gasteiger charge is -2.30. The van der Waals surface area contributed by atoms with Crippen LogP contribution in [0.1, 0.15) is 28.4 Å². The number of aromatic nitrogens is 1. The molecule has 23 heavy (non-hydrogen) atoms. The number of amides is 1. The number of benzene rings is 1. The molecule has 0 saturated carbocycles. The number of ether oxygens (including phenoxy) is 1. The Hall–Kier alpha value is -2.56. The molecular formula is C18H21N3O2. The zero-order valence-corrected chi connectivity index (χ0v) is 13.5. The number of fused-ring (bicyclic) bond motifs is 1. The van der Waals surface area contributed by atoms with Crippen LogP contribution in [0.5, 0.6) is 5.75 Å². The Bertz CT molecular complexity index is 698. The molecule has 3 rings (SSSR count). The molecule has 0 spiro atoms. The van der Waals surface area contributed by atoms with Crippen molar-refractivity contribution < 1.29 is 9.53 Å². The number of pyridine rings is 1. The molecule has 0 fully saturated rings. The standard InChI is InChI=1S/C18H21N3O2/c1-3-19-18(22)13-7-8-17(20-11-13)21-10-9-15-14(12-21)5-4-6-16(15)23-2/h4-8,11H,3,9-10,12H2,1-2H3,(H,19,22). The fourth-order valence-corrected chi connectivity index (χ4v) is 2.93. The summed E-state index contributed by atoms with van der Waals surface area (Å²) in [5.74, 6) is 1.77. The van der Waals surface area contributed by atoms with E-state index in [1.54, 1.807) is 13.3 Å². The molecular weight excluding hydrogens is 290 g/mol. The van der Waals surface area contributed by atoms with Gasteiger partial charge in [0.1, 0.15) is 11.6 Å². The third-order valence-electron chi connectivity index (χ3n) is 4.11. The van der Waals surface area contributed by atoms with Crippen LogP contribution in [0.4, 0.5) is 5.82 Å². The molecule has 0 saturated heterocycles. The summed E-state index contributed by atoms with van der Waals surface area (Å²) >= 11 is 0. The Kier molecular flexibility index (Phi) is 4.46. The van der Waals surface area contributed by atoms with Crippen LogP contribution in [0.25, 0.3) is 0 Å². The zero-order chi connectivity index (χ0) is 16.2. The Morgan fingerprint density at radius 1 is 1.35 bits per heavy atom. The van der Waals surface area contributed by atoms with Crippen LogP contribution in [0.2, 0.25) is 0 Å². The zero-order valence-electron chi connectivity index (χ0n) is 13.5. The normalized spacial score (nSPS) is 13.4. The molecule has 0 aliphatic carbocycles. The molecule has 120 valence electrons. The quantitative estimate of drug-likeness (QED) is 0.942. The number of carbonyl (C=O) groups is 1. The first-order valence-corrected chi connectivity index (χ1v) is 7.87. The van der Waals surface area contributed by atoms with Gasteiger partial charge in [-0.3, -0.25) is 4.79 Å². The van der Waals surface area contributed by atoms with E-state index in [-0.39, 0.29) is 5.91 Å². The Morgan fingerprint density at radius 2 is 2.22 bits per heavy atom. The molecule has 0 radical (unpaired) electrons. The van der Waals surface area contributed by atoms with Gasteiger partial charge in [-0.15, -0.1) is 0 Å². The second-order valence-electron chi connectivity index (χ2n) is 5.53. The lowest BCUT2D eigenvalue weighted by atomic mass is 9.98. The van der Waals surface area contributed by atoms with Crippen molar-refractivity contribution in [3.63, 3.8) is 0 Å². The van der Waals surface area contributed by atoms with Crippen molar-refractivity contribution in [1.82, 2.24) is 10.3 Å². The minimum Gasteiger partial charge on any atom is -0.496 e. The molecule has 1 aliphatic rings. The van der Waals surface area contributed by atoms with Crippen molar-refractivity contribution >= 4 is 11.7 Å². The number of rotatable bonds is 4. The fraction of sp³-hybridized carbons (Fsp3) is 0.333. The molecule has 1 aromatic heterocycles. The van der Waals surface area contributed by atoms with Crippen molar-refractivity contribution in [3.8, 4) is 5.75 Å². The highest BCUT2D eigenvalue weighted by molar-refractivity contribution is 5.94. The second-order valence-corrected chi connectivity index (χ2v) is 5.53. The Labute approximate surface area is 136 Å². The van der Waals surface area contributed by atoms with Crippen LogP contribution in [0.3, 0.4) is 0 Å². The first-order valence-electron chi connectivity index (χ1n) is 7.87. The molecule has 1 aliphatic heterocycles. The maximum atomic E-state index is 11.8. The molecule has 2 aromatic rings. The van der Waals surface area contributed by atoms with Gasteiger partial charge in [0.25, 0.3) is 5.91 Å². The van der Waals surface area contributed by atoms with Gasteiger partial charge in [-0.05, 0) is 37.1 Å². The van der Waals surface area contributed by atoms with E-state index >= 15 is 0 Å². The fourth-order valence-electron chi connectivity index (χ4n) is 2.93. The smallest absolute Gasteiger partial charge is 0.252 e. The van der Waals surface area contributed by atoms with Crippen LogP contribution < -0.4 is 15.0 Å². The number of carbonyl (C=O) groups excluding carboxylic acids is 1. The minimum absolute atomic E-state index is 0.0831. The van der Waals surface area contributed by atoms with Crippen molar-refractivity contribution in [2.75, 3.05) is 25.1 Å². The maximum absolute atomic E-state index is 11.8. The second kappa shape index (κ2) is 6.69. The number of methoxy groups -OCH3 is 1. The van der Waals surface area contributed by atoms with Crippen LogP contribution >= 0.6 is 0 Å². The lowest BCUT2D eigenvalue weighted by molar-refractivity contribution is 0.0955. The van der Waals surface area contributed by atoms with Gasteiger partial charge in [-0.25, -0.2) is 4.98 Å². The average molecular weight is 311 g/mol. The van der Waals surface area contributed by atoms with E-state index in [0.717, 1.165) is 31.1 Å². The summed E-state index contributed by atoms with van der Waals surface area (Å²) in [6.07, 6.45) is 2.57. The SMILES string of the molecule is CCNC(=O)c1ccc(N2CCc3c(cccc3OC)C2)nc1. The summed E-state index contributed by atoms with van der Waals surface area (Å²) in [4.78, 5) is 18.5. The highest BCUT2D eigenvalue weighted by Crippen LogP contribution is 2.29. The highest BCUT2D eigenvalue weighted by atomic mass is 16.5. The van der Waals surface area contributed by atoms with Crippen molar-refractivity contribution in [2.24, 2.45) is 0 Å². The molecule has 2 heterocycles. The van der Waals surface area contributed by atoms with Gasteiger partial charge in [0.05, 0.1) is 12.7 Å². The molecule has 5 nitrogen and oxygen atoms in total. The summed E-state index contributed by atoms with van der Waals surface area (Å²) < 4.78 is 5.44. The van der Waals surface area contributed by atoms with Gasteiger partial charge in [-0.1, -0.05) is 12.1 Å². The maximum Gasteiger partial charge on any atom is 0.252 e.